The van der Waals surface area contributed by atoms with Crippen molar-refractivity contribution in [2.45, 2.75) is 44.9 Å². The highest BCUT2D eigenvalue weighted by Gasteiger charge is 2.33. The first-order chi connectivity index (χ1) is 14.5. The molecule has 0 saturated heterocycles. The van der Waals surface area contributed by atoms with Gasteiger partial charge in [-0.3, -0.25) is 9.59 Å². The third-order valence-corrected chi connectivity index (χ3v) is 4.94. The summed E-state index contributed by atoms with van der Waals surface area (Å²) in [6.07, 6.45) is -5.94. The van der Waals surface area contributed by atoms with Gasteiger partial charge in [-0.2, -0.15) is 13.2 Å². The van der Waals surface area contributed by atoms with Gasteiger partial charge in [-0.15, -0.1) is 0 Å². The summed E-state index contributed by atoms with van der Waals surface area (Å²) >= 11 is 5.54. The number of hydrogen-bond acceptors (Lipinski definition) is 3. The van der Waals surface area contributed by atoms with Crippen LogP contribution in [0, 0.1) is 0 Å². The molecule has 1 atom stereocenters. The Morgan fingerprint density at radius 1 is 1.00 bits per heavy atom. The highest BCUT2D eigenvalue weighted by Crippen LogP contribution is 2.36. The van der Waals surface area contributed by atoms with E-state index in [0.29, 0.717) is 11.5 Å². The van der Waals surface area contributed by atoms with Crippen LogP contribution in [0.1, 0.15) is 55.4 Å². The zero-order chi connectivity index (χ0) is 23.2. The van der Waals surface area contributed by atoms with Crippen molar-refractivity contribution in [3.63, 3.8) is 0 Å². The van der Waals surface area contributed by atoms with E-state index in [-0.39, 0.29) is 25.1 Å². The quantitative estimate of drug-likeness (QED) is 0.520. The summed E-state index contributed by atoms with van der Waals surface area (Å²) in [6.45, 7) is 4.10. The molecule has 1 unspecified atom stereocenters. The number of rotatable bonds is 8. The normalized spacial score (nSPS) is 12.5. The second-order valence-corrected chi connectivity index (χ2v) is 7.79. The Morgan fingerprint density at radius 3 is 2.16 bits per heavy atom. The van der Waals surface area contributed by atoms with Crippen molar-refractivity contribution in [2.24, 2.45) is 0 Å². The number of carbonyl (C=O) groups excluding carboxylic acids is 2. The summed E-state index contributed by atoms with van der Waals surface area (Å²) < 4.78 is 38.6. The van der Waals surface area contributed by atoms with Gasteiger partial charge in [0, 0.05) is 25.1 Å². The zero-order valence-corrected chi connectivity index (χ0v) is 17.8. The number of benzene rings is 2. The summed E-state index contributed by atoms with van der Waals surface area (Å²) in [5.74, 6) is -0.708. The Hall–Kier alpha value is -2.58. The molecule has 0 spiro atoms. The maximum atomic E-state index is 12.9. The molecule has 0 aliphatic rings. The van der Waals surface area contributed by atoms with Crippen LogP contribution in [0.2, 0.25) is 5.02 Å². The molecule has 0 fully saturated rings. The van der Waals surface area contributed by atoms with Crippen molar-refractivity contribution in [3.8, 4) is 0 Å². The van der Waals surface area contributed by atoms with Crippen molar-refractivity contribution in [3.05, 3.63) is 64.2 Å². The third kappa shape index (κ3) is 7.56. The summed E-state index contributed by atoms with van der Waals surface area (Å²) in [4.78, 5) is 23.9. The second-order valence-electron chi connectivity index (χ2n) is 7.38. The van der Waals surface area contributed by atoms with E-state index in [4.69, 9.17) is 11.6 Å². The van der Waals surface area contributed by atoms with Crippen LogP contribution < -0.4 is 10.6 Å². The van der Waals surface area contributed by atoms with Gasteiger partial charge in [0.15, 0.2) is 0 Å². The van der Waals surface area contributed by atoms with Crippen LogP contribution in [-0.4, -0.2) is 23.5 Å². The SMILES string of the molecule is CC(C)c1ccc(C(O)CNC(=O)CCC(=O)Nc2ccc(Cl)c(C(F)(F)F)c2)cc1. The fourth-order valence-corrected chi connectivity index (χ4v) is 3.02. The van der Waals surface area contributed by atoms with Crippen LogP contribution in [0.5, 0.6) is 0 Å². The number of aliphatic hydroxyl groups excluding tert-OH is 1. The molecule has 0 aromatic heterocycles. The van der Waals surface area contributed by atoms with E-state index in [9.17, 15) is 27.9 Å². The molecule has 5 nitrogen and oxygen atoms in total. The summed E-state index contributed by atoms with van der Waals surface area (Å²) in [5.41, 5.74) is 0.669. The summed E-state index contributed by atoms with van der Waals surface area (Å²) in [5, 5.41) is 14.6. The van der Waals surface area contributed by atoms with Crippen molar-refractivity contribution >= 4 is 29.1 Å². The van der Waals surface area contributed by atoms with E-state index in [2.05, 4.69) is 24.5 Å². The monoisotopic (exact) mass is 456 g/mol. The van der Waals surface area contributed by atoms with Crippen molar-refractivity contribution in [1.29, 1.82) is 0 Å². The molecule has 2 aromatic rings. The lowest BCUT2D eigenvalue weighted by molar-refractivity contribution is -0.137. The predicted octanol–water partition coefficient (Wildman–Crippen LogP) is 5.05. The lowest BCUT2D eigenvalue weighted by Gasteiger charge is -2.14. The minimum Gasteiger partial charge on any atom is -0.387 e. The van der Waals surface area contributed by atoms with E-state index in [1.54, 1.807) is 12.1 Å². The Balaban J connectivity index is 1.80. The first-order valence-corrected chi connectivity index (χ1v) is 10.1. The van der Waals surface area contributed by atoms with Crippen LogP contribution in [0.4, 0.5) is 18.9 Å². The van der Waals surface area contributed by atoms with Gasteiger partial charge in [-0.25, -0.2) is 0 Å². The largest absolute Gasteiger partial charge is 0.417 e. The Bertz CT molecular complexity index is 915. The van der Waals surface area contributed by atoms with Crippen LogP contribution >= 0.6 is 11.6 Å². The topological polar surface area (TPSA) is 78.4 Å². The lowest BCUT2D eigenvalue weighted by Crippen LogP contribution is -2.29. The van der Waals surface area contributed by atoms with E-state index < -0.39 is 34.7 Å². The average molecular weight is 457 g/mol. The lowest BCUT2D eigenvalue weighted by atomic mass is 10.00. The van der Waals surface area contributed by atoms with Gasteiger partial charge in [0.1, 0.15) is 0 Å². The minimum atomic E-state index is -4.65. The highest BCUT2D eigenvalue weighted by atomic mass is 35.5. The van der Waals surface area contributed by atoms with Gasteiger partial charge < -0.3 is 15.7 Å². The number of alkyl halides is 3. The maximum absolute atomic E-state index is 12.9. The molecule has 168 valence electrons. The van der Waals surface area contributed by atoms with Crippen molar-refractivity contribution < 1.29 is 27.9 Å². The molecule has 31 heavy (non-hydrogen) atoms. The number of halogens is 4. The van der Waals surface area contributed by atoms with Gasteiger partial charge in [0.05, 0.1) is 16.7 Å². The molecule has 9 heteroatoms. The predicted molar refractivity (Wildman–Crippen MR) is 113 cm³/mol. The van der Waals surface area contributed by atoms with Gasteiger partial charge >= 0.3 is 6.18 Å². The second kappa shape index (κ2) is 10.6. The Morgan fingerprint density at radius 2 is 1.58 bits per heavy atom. The van der Waals surface area contributed by atoms with Crippen LogP contribution in [0.25, 0.3) is 0 Å². The molecule has 0 bridgehead atoms. The molecule has 2 amide bonds. The molecule has 0 aliphatic carbocycles. The Labute approximate surface area is 183 Å². The smallest absolute Gasteiger partial charge is 0.387 e. The molecule has 0 saturated carbocycles. The minimum absolute atomic E-state index is 0.0202. The fraction of sp³-hybridized carbons (Fsp3) is 0.364. The molecule has 0 aliphatic heterocycles. The number of carbonyl (C=O) groups is 2. The van der Waals surface area contributed by atoms with Crippen molar-refractivity contribution in [1.82, 2.24) is 5.32 Å². The van der Waals surface area contributed by atoms with Gasteiger partial charge in [-0.05, 0) is 35.2 Å². The molecular weight excluding hydrogens is 433 g/mol. The van der Waals surface area contributed by atoms with E-state index >= 15 is 0 Å². The summed E-state index contributed by atoms with van der Waals surface area (Å²) in [7, 11) is 0. The molecule has 2 rings (SSSR count). The standard InChI is InChI=1S/C22H24ClF3N2O3/c1-13(2)14-3-5-15(6-4-14)19(29)12-27-20(30)9-10-21(31)28-16-7-8-18(23)17(11-16)22(24,25)26/h3-8,11,13,19,29H,9-10,12H2,1-2H3,(H,27,30)(H,28,31). The average Bonchev–Trinajstić information content (AvgIpc) is 2.71. The molecule has 0 radical (unpaired) electrons. The maximum Gasteiger partial charge on any atom is 0.417 e. The molecule has 0 heterocycles. The third-order valence-electron chi connectivity index (χ3n) is 4.62. The summed E-state index contributed by atoms with van der Waals surface area (Å²) in [6, 6.07) is 10.4. The number of anilines is 1. The van der Waals surface area contributed by atoms with Crippen LogP contribution in [-0.2, 0) is 15.8 Å². The van der Waals surface area contributed by atoms with E-state index in [1.165, 1.54) is 6.07 Å². The van der Waals surface area contributed by atoms with Crippen LogP contribution in [0.3, 0.4) is 0 Å². The Kier molecular flexibility index (Phi) is 8.47. The van der Waals surface area contributed by atoms with Gasteiger partial charge in [0.25, 0.3) is 0 Å². The van der Waals surface area contributed by atoms with Crippen molar-refractivity contribution in [2.75, 3.05) is 11.9 Å². The van der Waals surface area contributed by atoms with E-state index in [1.807, 2.05) is 12.1 Å². The fourth-order valence-electron chi connectivity index (χ4n) is 2.79. The van der Waals surface area contributed by atoms with Gasteiger partial charge in [-0.1, -0.05) is 49.7 Å². The zero-order valence-electron chi connectivity index (χ0n) is 17.1. The highest BCUT2D eigenvalue weighted by molar-refractivity contribution is 6.31. The first kappa shape index (κ1) is 24.7. The molecule has 2 aromatic carbocycles. The molecular formula is C22H24ClF3N2O3. The first-order valence-electron chi connectivity index (χ1n) is 9.68. The molecule has 3 N–H and O–H groups in total. The van der Waals surface area contributed by atoms with Gasteiger partial charge in [0.2, 0.25) is 11.8 Å². The number of amides is 2. The van der Waals surface area contributed by atoms with E-state index in [0.717, 1.165) is 17.7 Å². The number of hydrogen-bond donors (Lipinski definition) is 3. The number of aliphatic hydroxyl groups is 1. The van der Waals surface area contributed by atoms with Crippen LogP contribution in [0.15, 0.2) is 42.5 Å². The number of nitrogens with one attached hydrogen (secondary N) is 2.